The third-order valence-corrected chi connectivity index (χ3v) is 8.09. The topological polar surface area (TPSA) is 66.9 Å². The predicted octanol–water partition coefficient (Wildman–Crippen LogP) is 3.92. The second kappa shape index (κ2) is 8.56. The van der Waals surface area contributed by atoms with Gasteiger partial charge in [0.25, 0.3) is 15.9 Å². The van der Waals surface area contributed by atoms with Gasteiger partial charge in [0.1, 0.15) is 16.7 Å². The number of hydrogen-bond acceptors (Lipinski definition) is 5. The fourth-order valence-corrected chi connectivity index (χ4v) is 6.18. The number of nitrogens with zero attached hydrogens (tertiary/aromatic N) is 2. The SMILES string of the molecule is O=C1c2ccccc2S(=O)(=O)N1CCCCN1CCC(Oc2ccc3ccccc3c2)C1. The van der Waals surface area contributed by atoms with Crippen LogP contribution in [0.15, 0.2) is 71.6 Å². The van der Waals surface area contributed by atoms with Crippen LogP contribution < -0.4 is 4.74 Å². The molecule has 0 radical (unpaired) electrons. The highest BCUT2D eigenvalue weighted by Crippen LogP contribution is 2.30. The normalized spacial score (nSPS) is 20.1. The molecule has 0 aromatic heterocycles. The van der Waals surface area contributed by atoms with Gasteiger partial charge < -0.3 is 4.74 Å². The number of hydrogen-bond donors (Lipinski definition) is 0. The van der Waals surface area contributed by atoms with Gasteiger partial charge in [-0.15, -0.1) is 0 Å². The molecule has 32 heavy (non-hydrogen) atoms. The van der Waals surface area contributed by atoms with Crippen LogP contribution in [0, 0.1) is 0 Å². The Kier molecular flexibility index (Phi) is 5.61. The van der Waals surface area contributed by atoms with Gasteiger partial charge in [-0.3, -0.25) is 9.69 Å². The standard InChI is InChI=1S/C25H26N2O4S/c28-25-23-9-3-4-10-24(23)32(29,30)27(25)15-6-5-14-26-16-13-22(18-26)31-21-12-11-19-7-1-2-8-20(19)17-21/h1-4,7-12,17,22H,5-6,13-16,18H2. The number of carbonyl (C=O) groups is 1. The van der Waals surface area contributed by atoms with E-state index in [4.69, 9.17) is 4.74 Å². The molecule has 166 valence electrons. The summed E-state index contributed by atoms with van der Waals surface area (Å²) in [4.78, 5) is 15.0. The van der Waals surface area contributed by atoms with Gasteiger partial charge in [0.2, 0.25) is 0 Å². The van der Waals surface area contributed by atoms with Crippen LogP contribution in [0.2, 0.25) is 0 Å². The Morgan fingerprint density at radius 1 is 0.906 bits per heavy atom. The van der Waals surface area contributed by atoms with Crippen molar-refractivity contribution in [1.29, 1.82) is 0 Å². The Morgan fingerprint density at radius 2 is 1.66 bits per heavy atom. The average molecular weight is 451 g/mol. The average Bonchev–Trinajstić information content (AvgIpc) is 3.32. The summed E-state index contributed by atoms with van der Waals surface area (Å²) >= 11 is 0. The van der Waals surface area contributed by atoms with Gasteiger partial charge in [-0.25, -0.2) is 12.7 Å². The number of carbonyl (C=O) groups excluding carboxylic acids is 1. The van der Waals surface area contributed by atoms with Gasteiger partial charge in [0, 0.05) is 19.6 Å². The van der Waals surface area contributed by atoms with Crippen molar-refractivity contribution in [3.05, 3.63) is 72.3 Å². The molecule has 1 saturated heterocycles. The highest BCUT2D eigenvalue weighted by atomic mass is 32.2. The van der Waals surface area contributed by atoms with Crippen molar-refractivity contribution in [3.8, 4) is 5.75 Å². The van der Waals surface area contributed by atoms with Gasteiger partial charge in [-0.1, -0.05) is 42.5 Å². The monoisotopic (exact) mass is 450 g/mol. The number of amides is 1. The lowest BCUT2D eigenvalue weighted by Gasteiger charge is -2.18. The minimum absolute atomic E-state index is 0.123. The summed E-state index contributed by atoms with van der Waals surface area (Å²) in [6.07, 6.45) is 2.61. The van der Waals surface area contributed by atoms with Gasteiger partial charge in [-0.05, 0) is 60.8 Å². The molecule has 0 N–H and O–H groups in total. The number of ether oxygens (including phenoxy) is 1. The van der Waals surface area contributed by atoms with E-state index >= 15 is 0 Å². The Balaban J connectivity index is 1.10. The van der Waals surface area contributed by atoms with Crippen LogP contribution in [0.25, 0.3) is 10.8 Å². The van der Waals surface area contributed by atoms with Crippen LogP contribution in [0.1, 0.15) is 29.6 Å². The van der Waals surface area contributed by atoms with Crippen LogP contribution in [0.5, 0.6) is 5.75 Å². The zero-order valence-corrected chi connectivity index (χ0v) is 18.6. The first-order chi connectivity index (χ1) is 15.5. The molecule has 2 aliphatic heterocycles. The first-order valence-electron chi connectivity index (χ1n) is 11.1. The van der Waals surface area contributed by atoms with Crippen LogP contribution in [0.3, 0.4) is 0 Å². The molecular formula is C25H26N2O4S. The molecule has 1 atom stereocenters. The van der Waals surface area contributed by atoms with Crippen molar-refractivity contribution in [3.63, 3.8) is 0 Å². The lowest BCUT2D eigenvalue weighted by molar-refractivity contribution is 0.0869. The van der Waals surface area contributed by atoms with Crippen molar-refractivity contribution in [1.82, 2.24) is 9.21 Å². The first kappa shape index (κ1) is 21.0. The molecule has 0 aliphatic carbocycles. The fourth-order valence-electron chi connectivity index (χ4n) is 4.57. The predicted molar refractivity (Wildman–Crippen MR) is 123 cm³/mol. The lowest BCUT2D eigenvalue weighted by Crippen LogP contribution is -2.32. The Bertz CT molecular complexity index is 1260. The van der Waals surface area contributed by atoms with E-state index in [1.54, 1.807) is 18.2 Å². The number of likely N-dealkylation sites (tertiary alicyclic amines) is 1. The van der Waals surface area contributed by atoms with Gasteiger partial charge >= 0.3 is 0 Å². The van der Waals surface area contributed by atoms with Crippen LogP contribution >= 0.6 is 0 Å². The maximum Gasteiger partial charge on any atom is 0.269 e. The second-order valence-corrected chi connectivity index (χ2v) is 10.3. The third kappa shape index (κ3) is 3.98. The maximum absolute atomic E-state index is 12.6. The third-order valence-electron chi connectivity index (χ3n) is 6.25. The highest BCUT2D eigenvalue weighted by molar-refractivity contribution is 7.90. The van der Waals surface area contributed by atoms with Crippen molar-refractivity contribution in [2.24, 2.45) is 0 Å². The molecule has 1 amide bonds. The van der Waals surface area contributed by atoms with E-state index in [2.05, 4.69) is 29.2 Å². The number of sulfonamides is 1. The molecule has 5 rings (SSSR count). The summed E-state index contributed by atoms with van der Waals surface area (Å²) < 4.78 is 32.5. The molecular weight excluding hydrogens is 424 g/mol. The highest BCUT2D eigenvalue weighted by Gasteiger charge is 2.40. The summed E-state index contributed by atoms with van der Waals surface area (Å²) in [6, 6.07) is 20.9. The minimum Gasteiger partial charge on any atom is -0.489 e. The minimum atomic E-state index is -3.70. The molecule has 0 spiro atoms. The van der Waals surface area contributed by atoms with Crippen molar-refractivity contribution < 1.29 is 17.9 Å². The molecule has 3 aromatic rings. The molecule has 2 heterocycles. The van der Waals surface area contributed by atoms with Crippen LogP contribution in [-0.4, -0.2) is 55.8 Å². The molecule has 2 aliphatic rings. The van der Waals surface area contributed by atoms with Crippen LogP contribution in [0.4, 0.5) is 0 Å². The zero-order valence-electron chi connectivity index (χ0n) is 17.8. The van der Waals surface area contributed by atoms with E-state index in [1.807, 2.05) is 18.2 Å². The molecule has 1 unspecified atom stereocenters. The Morgan fingerprint density at radius 3 is 2.50 bits per heavy atom. The molecule has 7 heteroatoms. The summed E-state index contributed by atoms with van der Waals surface area (Å²) in [7, 11) is -3.70. The largest absolute Gasteiger partial charge is 0.489 e. The van der Waals surface area contributed by atoms with E-state index < -0.39 is 15.9 Å². The first-order valence-corrected chi connectivity index (χ1v) is 12.5. The molecule has 6 nitrogen and oxygen atoms in total. The van der Waals surface area contributed by atoms with Crippen molar-refractivity contribution >= 4 is 26.7 Å². The van der Waals surface area contributed by atoms with E-state index in [0.717, 1.165) is 42.5 Å². The molecule has 0 saturated carbocycles. The number of rotatable bonds is 7. The van der Waals surface area contributed by atoms with E-state index in [9.17, 15) is 13.2 Å². The van der Waals surface area contributed by atoms with Gasteiger partial charge in [-0.2, -0.15) is 0 Å². The molecule has 1 fully saturated rings. The van der Waals surface area contributed by atoms with E-state index in [-0.39, 0.29) is 23.1 Å². The van der Waals surface area contributed by atoms with Crippen molar-refractivity contribution in [2.45, 2.75) is 30.3 Å². The number of benzene rings is 3. The maximum atomic E-state index is 12.6. The Labute approximate surface area is 188 Å². The van der Waals surface area contributed by atoms with E-state index in [1.165, 1.54) is 16.8 Å². The van der Waals surface area contributed by atoms with E-state index in [0.29, 0.717) is 6.42 Å². The fraction of sp³-hybridized carbons (Fsp3) is 0.320. The number of unbranched alkanes of at least 4 members (excludes halogenated alkanes) is 1. The quantitative estimate of drug-likeness (QED) is 0.511. The van der Waals surface area contributed by atoms with Crippen molar-refractivity contribution in [2.75, 3.05) is 26.2 Å². The smallest absolute Gasteiger partial charge is 0.269 e. The van der Waals surface area contributed by atoms with Gasteiger partial charge in [0.05, 0.1) is 5.56 Å². The summed E-state index contributed by atoms with van der Waals surface area (Å²) in [5, 5.41) is 2.38. The lowest BCUT2D eigenvalue weighted by atomic mass is 10.1. The summed E-state index contributed by atoms with van der Waals surface area (Å²) in [6.45, 7) is 2.91. The van der Waals surface area contributed by atoms with Crippen LogP contribution in [-0.2, 0) is 10.0 Å². The summed E-state index contributed by atoms with van der Waals surface area (Å²) in [5.41, 5.74) is 0.278. The molecule has 0 bridgehead atoms. The number of fused-ring (bicyclic) bond motifs is 2. The zero-order chi connectivity index (χ0) is 22.1. The summed E-state index contributed by atoms with van der Waals surface area (Å²) in [5.74, 6) is 0.485. The molecule has 3 aromatic carbocycles. The van der Waals surface area contributed by atoms with Gasteiger partial charge in [0.15, 0.2) is 0 Å². The second-order valence-electron chi connectivity index (χ2n) is 8.42. The Hall–Kier alpha value is -2.90.